The van der Waals surface area contributed by atoms with E-state index in [1.165, 1.54) is 41.8 Å². The van der Waals surface area contributed by atoms with Crippen LogP contribution in [0.1, 0.15) is 41.1 Å². The van der Waals surface area contributed by atoms with E-state index in [9.17, 15) is 14.9 Å². The quantitative estimate of drug-likeness (QED) is 0.0230. The molecule has 0 spiro atoms. The standard InChI is InChI=1S/C55H46N5O7PS/c1-39(61)67-49(50-56-38-58(2)57-50)48-51(62)59(53(48)69-55(41-21-9-3-10-22-41,42-23-11-4-12-24-42)43-25-13-5-14-26-43)52(54(63)66-37-40-33-35-44(36-34-40)60(64)65)68(45-27-15-6-16-28-45,46-29-17-7-18-30-46)47-31-19-8-20-32-47/h3-36,38,48-49,53H,37H2,1-2H3. The van der Waals surface area contributed by atoms with Crippen LogP contribution in [0, 0.1) is 16.0 Å². The van der Waals surface area contributed by atoms with Crippen molar-refractivity contribution in [3.63, 3.8) is 0 Å². The first-order valence-corrected chi connectivity index (χ1v) is 24.8. The summed E-state index contributed by atoms with van der Waals surface area (Å²) < 4.78 is 13.0. The van der Waals surface area contributed by atoms with E-state index in [0.29, 0.717) is 5.56 Å². The summed E-state index contributed by atoms with van der Waals surface area (Å²) in [5, 5.41) is 17.5. The number of carbonyl (C=O) groups excluding carboxylic acids is 3. The van der Waals surface area contributed by atoms with Gasteiger partial charge in [0.15, 0.2) is 11.9 Å². The Morgan fingerprint density at radius 1 is 0.696 bits per heavy atom. The molecule has 14 heteroatoms. The molecule has 0 radical (unpaired) electrons. The third-order valence-electron chi connectivity index (χ3n) is 12.1. The summed E-state index contributed by atoms with van der Waals surface area (Å²) in [4.78, 5) is 62.6. The Kier molecular flexibility index (Phi) is 13.5. The van der Waals surface area contributed by atoms with Gasteiger partial charge in [0, 0.05) is 33.0 Å². The van der Waals surface area contributed by atoms with Crippen LogP contribution >= 0.6 is 18.6 Å². The zero-order valence-electron chi connectivity index (χ0n) is 37.6. The van der Waals surface area contributed by atoms with Gasteiger partial charge in [0.2, 0.25) is 5.91 Å². The number of nitro benzene ring substituents is 1. The van der Waals surface area contributed by atoms with Gasteiger partial charge < -0.3 is 9.47 Å². The van der Waals surface area contributed by atoms with Crippen molar-refractivity contribution in [1.82, 2.24) is 19.7 Å². The number of carbonyl (C=O) groups is 3. The van der Waals surface area contributed by atoms with Crippen molar-refractivity contribution in [2.24, 2.45) is 13.0 Å². The van der Waals surface area contributed by atoms with Gasteiger partial charge in [-0.15, -0.1) is 11.8 Å². The van der Waals surface area contributed by atoms with Gasteiger partial charge in [0.05, 0.1) is 9.67 Å². The number of rotatable bonds is 16. The van der Waals surface area contributed by atoms with E-state index in [-0.39, 0.29) is 23.5 Å². The minimum atomic E-state index is -3.49. The largest absolute Gasteiger partial charge is 0.456 e. The molecule has 1 amide bonds. The summed E-state index contributed by atoms with van der Waals surface area (Å²) in [5.74, 6) is -2.95. The minimum Gasteiger partial charge on any atom is -0.456 e. The van der Waals surface area contributed by atoms with Crippen molar-refractivity contribution in [2.45, 2.75) is 29.8 Å². The molecule has 0 saturated carbocycles. The number of likely N-dealkylation sites (tertiary alicyclic amines) is 1. The lowest BCUT2D eigenvalue weighted by Crippen LogP contribution is -2.67. The molecular weight excluding hydrogens is 906 g/mol. The van der Waals surface area contributed by atoms with Crippen LogP contribution in [-0.4, -0.2) is 53.2 Å². The highest BCUT2D eigenvalue weighted by Gasteiger charge is 2.61. The molecule has 3 atom stereocenters. The fraction of sp³-hybridized carbons (Fsp3) is 0.127. The Labute approximate surface area is 403 Å². The number of hydrogen-bond donors (Lipinski definition) is 0. The topological polar surface area (TPSA) is 147 Å². The zero-order valence-corrected chi connectivity index (χ0v) is 39.3. The normalized spacial score (nSPS) is 15.1. The van der Waals surface area contributed by atoms with E-state index < -0.39 is 51.8 Å². The average Bonchev–Trinajstić information content (AvgIpc) is 3.84. The number of esters is 2. The first kappa shape index (κ1) is 46.3. The second kappa shape index (κ2) is 20.2. The smallest absolute Gasteiger partial charge is 0.356 e. The fourth-order valence-electron chi connectivity index (χ4n) is 9.07. The molecule has 7 aromatic carbocycles. The van der Waals surface area contributed by atoms with Crippen molar-refractivity contribution in [3.8, 4) is 0 Å². The van der Waals surface area contributed by atoms with E-state index >= 15 is 9.59 Å². The molecule has 1 aliphatic heterocycles. The number of aromatic nitrogens is 3. The molecule has 0 N–H and O–H groups in total. The maximum absolute atomic E-state index is 16.1. The molecule has 9 rings (SSSR count). The molecule has 12 nitrogen and oxygen atoms in total. The van der Waals surface area contributed by atoms with Crippen LogP contribution in [0.3, 0.4) is 0 Å². The molecule has 8 aromatic rings. The number of hydrogen-bond acceptors (Lipinski definition) is 10. The predicted octanol–water partition coefficient (Wildman–Crippen LogP) is 8.70. The molecule has 1 fully saturated rings. The lowest BCUT2D eigenvalue weighted by molar-refractivity contribution is -0.384. The third kappa shape index (κ3) is 8.90. The average molecular weight is 952 g/mol. The van der Waals surface area contributed by atoms with Gasteiger partial charge in [-0.2, -0.15) is 5.10 Å². The van der Waals surface area contributed by atoms with Crippen molar-refractivity contribution < 1.29 is 28.8 Å². The number of thioether (sulfide) groups is 1. The van der Waals surface area contributed by atoms with E-state index in [1.54, 1.807) is 24.1 Å². The molecule has 1 aromatic heterocycles. The van der Waals surface area contributed by atoms with Gasteiger partial charge in [-0.25, -0.2) is 9.78 Å². The Morgan fingerprint density at radius 2 is 1.13 bits per heavy atom. The van der Waals surface area contributed by atoms with Gasteiger partial charge >= 0.3 is 11.9 Å². The van der Waals surface area contributed by atoms with Gasteiger partial charge in [0.25, 0.3) is 5.69 Å². The van der Waals surface area contributed by atoms with Gasteiger partial charge in [0.1, 0.15) is 29.6 Å². The number of nitrogens with zero attached hydrogens (tertiary/aromatic N) is 5. The molecule has 0 aliphatic carbocycles. The summed E-state index contributed by atoms with van der Waals surface area (Å²) in [6.45, 7) is -2.47. The minimum absolute atomic E-state index is 0.0883. The lowest BCUT2D eigenvalue weighted by atomic mass is 9.84. The fourth-order valence-corrected chi connectivity index (χ4v) is 15.4. The second-order valence-corrected chi connectivity index (χ2v) is 21.0. The van der Waals surface area contributed by atoms with E-state index in [2.05, 4.69) is 46.5 Å². The molecule has 0 bridgehead atoms. The van der Waals surface area contributed by atoms with E-state index in [1.807, 2.05) is 146 Å². The van der Waals surface area contributed by atoms with Gasteiger partial charge in [-0.1, -0.05) is 182 Å². The number of ether oxygens (including phenoxy) is 2. The van der Waals surface area contributed by atoms with Crippen molar-refractivity contribution in [3.05, 3.63) is 251 Å². The molecule has 344 valence electrons. The molecule has 1 aliphatic rings. The lowest BCUT2D eigenvalue weighted by Gasteiger charge is -2.53. The third-order valence-corrected chi connectivity index (χ3v) is 18.1. The maximum Gasteiger partial charge on any atom is 0.356 e. The summed E-state index contributed by atoms with van der Waals surface area (Å²) in [6.07, 6.45) is 0.210. The first-order chi connectivity index (χ1) is 33.6. The van der Waals surface area contributed by atoms with Crippen molar-refractivity contribution in [2.75, 3.05) is 0 Å². The van der Waals surface area contributed by atoms with Gasteiger partial charge in [-0.3, -0.25) is 29.3 Å². The molecule has 1 saturated heterocycles. The highest BCUT2D eigenvalue weighted by molar-refractivity contribution is 8.01. The van der Waals surface area contributed by atoms with Crippen LogP contribution < -0.4 is 15.9 Å². The Bertz CT molecular complexity index is 2950. The summed E-state index contributed by atoms with van der Waals surface area (Å²) in [5.41, 5.74) is 3.15. The Morgan fingerprint density at radius 3 is 1.52 bits per heavy atom. The monoisotopic (exact) mass is 951 g/mol. The number of non-ortho nitro benzene ring substituents is 1. The number of nitro groups is 1. The summed E-state index contributed by atoms with van der Waals surface area (Å²) in [6, 6.07) is 64.8. The van der Waals surface area contributed by atoms with Crippen LogP contribution in [-0.2, 0) is 42.3 Å². The van der Waals surface area contributed by atoms with Gasteiger partial charge in [-0.05, 0) is 50.3 Å². The first-order valence-electron chi connectivity index (χ1n) is 22.2. The summed E-state index contributed by atoms with van der Waals surface area (Å²) >= 11 is 1.46. The predicted molar refractivity (Wildman–Crippen MR) is 269 cm³/mol. The zero-order chi connectivity index (χ0) is 48.0. The Balaban J connectivity index is 1.38. The molecule has 3 unspecified atom stereocenters. The van der Waals surface area contributed by atoms with Crippen LogP contribution in [0.25, 0.3) is 0 Å². The van der Waals surface area contributed by atoms with Crippen molar-refractivity contribution >= 4 is 63.5 Å². The number of amides is 1. The van der Waals surface area contributed by atoms with E-state index in [0.717, 1.165) is 32.6 Å². The van der Waals surface area contributed by atoms with Crippen molar-refractivity contribution in [1.29, 1.82) is 0 Å². The molecular formula is C55H46N5O7PS. The SMILES string of the molecule is CC(=O)OC(c1ncn(C)n1)C1C(=O)N(C(C(=O)OCc2ccc([N+](=O)[O-])cc2)=P(c2ccccc2)(c2ccccc2)c2ccccc2)C1SC(c1ccccc1)(c1ccccc1)c1ccccc1. The number of benzene rings is 7. The highest BCUT2D eigenvalue weighted by Crippen LogP contribution is 2.59. The van der Waals surface area contributed by atoms with Crippen LogP contribution in [0.15, 0.2) is 213 Å². The Hall–Kier alpha value is -7.86. The molecule has 2 heterocycles. The second-order valence-electron chi connectivity index (χ2n) is 16.3. The van der Waals surface area contributed by atoms with E-state index in [4.69, 9.17) is 9.47 Å². The van der Waals surface area contributed by atoms with Crippen LogP contribution in [0.5, 0.6) is 0 Å². The highest BCUT2D eigenvalue weighted by atomic mass is 32.2. The van der Waals surface area contributed by atoms with Crippen LogP contribution in [0.4, 0.5) is 5.69 Å². The van der Waals surface area contributed by atoms with Crippen LogP contribution in [0.2, 0.25) is 0 Å². The number of aryl methyl sites for hydroxylation is 1. The summed E-state index contributed by atoms with van der Waals surface area (Å²) in [7, 11) is 1.69. The molecule has 69 heavy (non-hydrogen) atoms. The number of β-lactam (4-membered cyclic amide) rings is 1. The maximum atomic E-state index is 16.1.